The summed E-state index contributed by atoms with van der Waals surface area (Å²) in [6.07, 6.45) is 0. The Morgan fingerprint density at radius 2 is 1.96 bits per heavy atom. The number of nitrogens with one attached hydrogen (secondary N) is 1. The SMILES string of the molecule is CCOC(=O)c1ccc(C)c(S(=O)(=O)N2C[C@H]3CNC[C@H]3C2)c1. The first-order valence-electron chi connectivity index (χ1n) is 7.92. The van der Waals surface area contributed by atoms with Crippen molar-refractivity contribution < 1.29 is 17.9 Å². The van der Waals surface area contributed by atoms with E-state index in [-0.39, 0.29) is 17.1 Å². The van der Waals surface area contributed by atoms with Crippen molar-refractivity contribution in [3.8, 4) is 0 Å². The highest BCUT2D eigenvalue weighted by Gasteiger charge is 2.41. The lowest BCUT2D eigenvalue weighted by molar-refractivity contribution is 0.0526. The largest absolute Gasteiger partial charge is 0.462 e. The van der Waals surface area contributed by atoms with E-state index in [0.29, 0.717) is 30.5 Å². The molecular weight excluding hydrogens is 316 g/mol. The van der Waals surface area contributed by atoms with Gasteiger partial charge in [0, 0.05) is 13.1 Å². The molecule has 23 heavy (non-hydrogen) atoms. The highest BCUT2D eigenvalue weighted by atomic mass is 32.2. The number of carbonyl (C=O) groups excluding carboxylic acids is 1. The first-order valence-corrected chi connectivity index (χ1v) is 9.36. The monoisotopic (exact) mass is 338 g/mol. The third-order valence-electron chi connectivity index (χ3n) is 4.67. The Morgan fingerprint density at radius 3 is 2.57 bits per heavy atom. The molecule has 1 aromatic rings. The van der Waals surface area contributed by atoms with Crippen molar-refractivity contribution in [1.82, 2.24) is 9.62 Å². The molecule has 2 saturated heterocycles. The summed E-state index contributed by atoms with van der Waals surface area (Å²) in [5.74, 6) is 0.281. The van der Waals surface area contributed by atoms with Gasteiger partial charge in [-0.15, -0.1) is 0 Å². The molecule has 2 aliphatic heterocycles. The van der Waals surface area contributed by atoms with Gasteiger partial charge in [0.1, 0.15) is 0 Å². The van der Waals surface area contributed by atoms with Gasteiger partial charge >= 0.3 is 5.97 Å². The number of aryl methyl sites for hydroxylation is 1. The zero-order chi connectivity index (χ0) is 16.6. The molecule has 6 nitrogen and oxygen atoms in total. The summed E-state index contributed by atoms with van der Waals surface area (Å²) in [6.45, 7) is 6.57. The highest BCUT2D eigenvalue weighted by molar-refractivity contribution is 7.89. The van der Waals surface area contributed by atoms with Gasteiger partial charge in [-0.25, -0.2) is 13.2 Å². The van der Waals surface area contributed by atoms with Gasteiger partial charge in [-0.3, -0.25) is 0 Å². The maximum absolute atomic E-state index is 13.0. The molecule has 2 aliphatic rings. The van der Waals surface area contributed by atoms with E-state index >= 15 is 0 Å². The summed E-state index contributed by atoms with van der Waals surface area (Å²) in [5, 5.41) is 3.30. The Kier molecular flexibility index (Phi) is 4.44. The molecule has 7 heteroatoms. The van der Waals surface area contributed by atoms with Crippen molar-refractivity contribution in [3.05, 3.63) is 29.3 Å². The van der Waals surface area contributed by atoms with E-state index in [2.05, 4.69) is 5.32 Å². The Hall–Kier alpha value is -1.44. The fraction of sp³-hybridized carbons (Fsp3) is 0.562. The summed E-state index contributed by atoms with van der Waals surface area (Å²) in [4.78, 5) is 12.1. The number of benzene rings is 1. The fourth-order valence-corrected chi connectivity index (χ4v) is 5.17. The summed E-state index contributed by atoms with van der Waals surface area (Å²) in [5.41, 5.74) is 0.922. The van der Waals surface area contributed by atoms with E-state index in [1.165, 1.54) is 6.07 Å². The van der Waals surface area contributed by atoms with E-state index in [1.54, 1.807) is 30.3 Å². The van der Waals surface area contributed by atoms with Crippen LogP contribution >= 0.6 is 0 Å². The van der Waals surface area contributed by atoms with Gasteiger partial charge in [0.05, 0.1) is 17.1 Å². The summed E-state index contributed by atoms with van der Waals surface area (Å²) in [7, 11) is -3.58. The van der Waals surface area contributed by atoms with E-state index in [9.17, 15) is 13.2 Å². The minimum absolute atomic E-state index is 0.205. The van der Waals surface area contributed by atoms with Crippen LogP contribution in [0.2, 0.25) is 0 Å². The molecular formula is C16H22N2O4S. The number of esters is 1. The van der Waals surface area contributed by atoms with Crippen molar-refractivity contribution in [2.24, 2.45) is 11.8 Å². The van der Waals surface area contributed by atoms with Crippen LogP contribution in [-0.4, -0.2) is 51.5 Å². The Morgan fingerprint density at radius 1 is 1.30 bits per heavy atom. The topological polar surface area (TPSA) is 75.7 Å². The predicted octanol–water partition coefficient (Wildman–Crippen LogP) is 1.01. The van der Waals surface area contributed by atoms with Crippen LogP contribution in [0.5, 0.6) is 0 Å². The van der Waals surface area contributed by atoms with Crippen molar-refractivity contribution >= 4 is 16.0 Å². The molecule has 1 N–H and O–H groups in total. The van der Waals surface area contributed by atoms with E-state index in [1.807, 2.05) is 0 Å². The van der Waals surface area contributed by atoms with Crippen LogP contribution in [0.3, 0.4) is 0 Å². The summed E-state index contributed by atoms with van der Waals surface area (Å²) in [6, 6.07) is 4.71. The van der Waals surface area contributed by atoms with E-state index < -0.39 is 16.0 Å². The van der Waals surface area contributed by atoms with Crippen LogP contribution in [-0.2, 0) is 14.8 Å². The molecule has 0 unspecified atom stereocenters. The maximum Gasteiger partial charge on any atom is 0.338 e. The van der Waals surface area contributed by atoms with Crippen LogP contribution in [0.1, 0.15) is 22.8 Å². The minimum Gasteiger partial charge on any atom is -0.462 e. The van der Waals surface area contributed by atoms with Gasteiger partial charge in [-0.05, 0) is 56.5 Å². The molecule has 2 heterocycles. The van der Waals surface area contributed by atoms with E-state index in [0.717, 1.165) is 13.1 Å². The molecule has 0 radical (unpaired) electrons. The van der Waals surface area contributed by atoms with Crippen LogP contribution < -0.4 is 5.32 Å². The quantitative estimate of drug-likeness (QED) is 0.830. The zero-order valence-corrected chi connectivity index (χ0v) is 14.2. The Labute approximate surface area is 136 Å². The number of nitrogens with zero attached hydrogens (tertiary/aromatic N) is 1. The first kappa shape index (κ1) is 16.4. The normalized spacial score (nSPS) is 24.6. The average Bonchev–Trinajstić information content (AvgIpc) is 3.09. The maximum atomic E-state index is 13.0. The highest BCUT2D eigenvalue weighted by Crippen LogP contribution is 2.32. The molecule has 126 valence electrons. The third kappa shape index (κ3) is 3.00. The lowest BCUT2D eigenvalue weighted by atomic mass is 10.0. The number of rotatable bonds is 4. The number of hydrogen-bond donors (Lipinski definition) is 1. The molecule has 0 aromatic heterocycles. The molecule has 0 saturated carbocycles. The van der Waals surface area contributed by atoms with Crippen LogP contribution in [0.4, 0.5) is 0 Å². The Bertz CT molecular complexity index is 705. The van der Waals surface area contributed by atoms with Crippen molar-refractivity contribution in [3.63, 3.8) is 0 Å². The third-order valence-corrected chi connectivity index (χ3v) is 6.65. The number of hydrogen-bond acceptors (Lipinski definition) is 5. The molecule has 0 bridgehead atoms. The predicted molar refractivity (Wildman–Crippen MR) is 85.7 cm³/mol. The van der Waals surface area contributed by atoms with Gasteiger partial charge in [-0.1, -0.05) is 6.07 Å². The standard InChI is InChI=1S/C16H22N2O4S/c1-3-22-16(19)12-5-4-11(2)15(6-12)23(20,21)18-9-13-7-17-8-14(13)10-18/h4-6,13-14,17H,3,7-10H2,1-2H3/t13-,14+. The second-order valence-electron chi connectivity index (χ2n) is 6.20. The van der Waals surface area contributed by atoms with Gasteiger partial charge in [-0.2, -0.15) is 4.31 Å². The fourth-order valence-electron chi connectivity index (χ4n) is 3.37. The van der Waals surface area contributed by atoms with Crippen LogP contribution in [0.25, 0.3) is 0 Å². The molecule has 0 spiro atoms. The van der Waals surface area contributed by atoms with Crippen molar-refractivity contribution in [2.75, 3.05) is 32.8 Å². The summed E-state index contributed by atoms with van der Waals surface area (Å²) >= 11 is 0. The molecule has 2 fully saturated rings. The zero-order valence-electron chi connectivity index (χ0n) is 13.4. The Balaban J connectivity index is 1.90. The van der Waals surface area contributed by atoms with Crippen molar-refractivity contribution in [2.45, 2.75) is 18.7 Å². The molecule has 0 amide bonds. The van der Waals surface area contributed by atoms with Gasteiger partial charge in [0.2, 0.25) is 10.0 Å². The average molecular weight is 338 g/mol. The van der Waals surface area contributed by atoms with Crippen molar-refractivity contribution in [1.29, 1.82) is 0 Å². The minimum atomic E-state index is -3.58. The lowest BCUT2D eigenvalue weighted by Crippen LogP contribution is -2.32. The molecule has 1 aromatic carbocycles. The van der Waals surface area contributed by atoms with Gasteiger partial charge in [0.15, 0.2) is 0 Å². The molecule has 2 atom stereocenters. The number of fused-ring (bicyclic) bond motifs is 1. The summed E-state index contributed by atoms with van der Waals surface area (Å²) < 4.78 is 32.5. The second kappa shape index (κ2) is 6.22. The second-order valence-corrected chi connectivity index (χ2v) is 8.11. The molecule has 3 rings (SSSR count). The smallest absolute Gasteiger partial charge is 0.338 e. The van der Waals surface area contributed by atoms with Gasteiger partial charge < -0.3 is 10.1 Å². The van der Waals surface area contributed by atoms with Gasteiger partial charge in [0.25, 0.3) is 0 Å². The first-order chi connectivity index (χ1) is 10.9. The lowest BCUT2D eigenvalue weighted by Gasteiger charge is -2.19. The number of sulfonamides is 1. The van der Waals surface area contributed by atoms with Crippen LogP contribution in [0, 0.1) is 18.8 Å². The number of ether oxygens (including phenoxy) is 1. The number of carbonyl (C=O) groups is 1. The molecule has 0 aliphatic carbocycles. The van der Waals surface area contributed by atoms with E-state index in [4.69, 9.17) is 4.74 Å². The van der Waals surface area contributed by atoms with Crippen LogP contribution in [0.15, 0.2) is 23.1 Å².